The average Bonchev–Trinajstić information content (AvgIpc) is 2.65. The fourth-order valence-electron chi connectivity index (χ4n) is 2.83. The summed E-state index contributed by atoms with van der Waals surface area (Å²) in [6.45, 7) is 4.42. The standard InChI is InChI=1S/C22H26F3NO2/c1-3-4-5-6-11-28-20-9-7-18(8-10-20)21(27)26-15-17-12-16(2)13-19(14-17)22(23,24)25/h7-10,12-14H,3-6,11,15H2,1-2H3,(H,26,27). The number of alkyl halides is 3. The number of aryl methyl sites for hydroxylation is 1. The second-order valence-electron chi connectivity index (χ2n) is 6.82. The average molecular weight is 393 g/mol. The summed E-state index contributed by atoms with van der Waals surface area (Å²) in [7, 11) is 0. The van der Waals surface area contributed by atoms with Crippen LogP contribution in [0.5, 0.6) is 5.75 Å². The number of amides is 1. The largest absolute Gasteiger partial charge is 0.494 e. The topological polar surface area (TPSA) is 38.3 Å². The van der Waals surface area contributed by atoms with Crippen molar-refractivity contribution in [1.29, 1.82) is 0 Å². The summed E-state index contributed by atoms with van der Waals surface area (Å²) in [5.41, 5.74) is 0.631. The van der Waals surface area contributed by atoms with Gasteiger partial charge in [0.15, 0.2) is 0 Å². The number of hydrogen-bond donors (Lipinski definition) is 1. The van der Waals surface area contributed by atoms with Crippen molar-refractivity contribution in [3.8, 4) is 5.75 Å². The van der Waals surface area contributed by atoms with Gasteiger partial charge in [-0.05, 0) is 55.3 Å². The molecular formula is C22H26F3NO2. The summed E-state index contributed by atoms with van der Waals surface area (Å²) in [6, 6.07) is 10.5. The van der Waals surface area contributed by atoms with Crippen molar-refractivity contribution in [3.63, 3.8) is 0 Å². The molecule has 0 aromatic heterocycles. The maximum Gasteiger partial charge on any atom is 0.416 e. The van der Waals surface area contributed by atoms with Crippen molar-refractivity contribution in [3.05, 3.63) is 64.7 Å². The fraction of sp³-hybridized carbons (Fsp3) is 0.409. The Balaban J connectivity index is 1.89. The first-order valence-electron chi connectivity index (χ1n) is 9.48. The van der Waals surface area contributed by atoms with E-state index < -0.39 is 11.7 Å². The number of halogens is 3. The molecule has 0 unspecified atom stereocenters. The van der Waals surface area contributed by atoms with E-state index in [1.54, 1.807) is 37.3 Å². The molecule has 0 spiro atoms. The van der Waals surface area contributed by atoms with Gasteiger partial charge in [-0.2, -0.15) is 13.2 Å². The lowest BCUT2D eigenvalue weighted by molar-refractivity contribution is -0.137. The third kappa shape index (κ3) is 6.91. The Kier molecular flexibility index (Phi) is 7.91. The Hall–Kier alpha value is -2.50. The summed E-state index contributed by atoms with van der Waals surface area (Å²) in [6.07, 6.45) is 0.0768. The van der Waals surface area contributed by atoms with Crippen LogP contribution >= 0.6 is 0 Å². The van der Waals surface area contributed by atoms with Crippen molar-refractivity contribution < 1.29 is 22.7 Å². The molecule has 2 aromatic rings. The monoisotopic (exact) mass is 393 g/mol. The lowest BCUT2D eigenvalue weighted by atomic mass is 10.1. The highest BCUT2D eigenvalue weighted by atomic mass is 19.4. The van der Waals surface area contributed by atoms with Crippen LogP contribution in [0.2, 0.25) is 0 Å². The van der Waals surface area contributed by atoms with Crippen molar-refractivity contribution >= 4 is 5.91 Å². The van der Waals surface area contributed by atoms with Gasteiger partial charge < -0.3 is 10.1 Å². The van der Waals surface area contributed by atoms with Crippen LogP contribution in [0.25, 0.3) is 0 Å². The van der Waals surface area contributed by atoms with Crippen LogP contribution in [-0.2, 0) is 12.7 Å². The Morgan fingerprint density at radius 2 is 1.75 bits per heavy atom. The molecule has 0 radical (unpaired) electrons. The summed E-state index contributed by atoms with van der Waals surface area (Å²) in [5.74, 6) is 0.353. The van der Waals surface area contributed by atoms with Crippen LogP contribution in [0.4, 0.5) is 13.2 Å². The minimum absolute atomic E-state index is 0.0271. The molecule has 6 heteroatoms. The minimum Gasteiger partial charge on any atom is -0.494 e. The maximum absolute atomic E-state index is 12.9. The van der Waals surface area contributed by atoms with Crippen LogP contribution in [0.3, 0.4) is 0 Å². The highest BCUT2D eigenvalue weighted by Gasteiger charge is 2.30. The predicted octanol–water partition coefficient (Wildman–Crippen LogP) is 5.90. The third-order valence-corrected chi connectivity index (χ3v) is 4.30. The van der Waals surface area contributed by atoms with E-state index in [9.17, 15) is 18.0 Å². The molecule has 152 valence electrons. The Morgan fingerprint density at radius 3 is 2.39 bits per heavy atom. The number of carbonyl (C=O) groups excluding carboxylic acids is 1. The number of ether oxygens (including phenoxy) is 1. The molecule has 0 bridgehead atoms. The molecule has 0 aliphatic rings. The van der Waals surface area contributed by atoms with Crippen LogP contribution in [0.15, 0.2) is 42.5 Å². The first-order valence-corrected chi connectivity index (χ1v) is 9.48. The zero-order chi connectivity index (χ0) is 20.6. The smallest absolute Gasteiger partial charge is 0.416 e. The van der Waals surface area contributed by atoms with E-state index in [-0.39, 0.29) is 12.5 Å². The zero-order valence-electron chi connectivity index (χ0n) is 16.2. The molecule has 28 heavy (non-hydrogen) atoms. The van der Waals surface area contributed by atoms with Gasteiger partial charge in [-0.15, -0.1) is 0 Å². The molecule has 1 N–H and O–H groups in total. The van der Waals surface area contributed by atoms with Gasteiger partial charge in [0, 0.05) is 12.1 Å². The number of hydrogen-bond acceptors (Lipinski definition) is 2. The van der Waals surface area contributed by atoms with E-state index in [0.717, 1.165) is 25.0 Å². The predicted molar refractivity (Wildman–Crippen MR) is 103 cm³/mol. The second-order valence-corrected chi connectivity index (χ2v) is 6.82. The molecule has 0 saturated heterocycles. The summed E-state index contributed by atoms with van der Waals surface area (Å²) in [5, 5.41) is 2.66. The maximum atomic E-state index is 12.9. The van der Waals surface area contributed by atoms with Gasteiger partial charge in [0.25, 0.3) is 5.91 Å². The molecule has 0 aliphatic carbocycles. The Bertz CT molecular complexity index is 770. The van der Waals surface area contributed by atoms with E-state index in [1.807, 2.05) is 0 Å². The van der Waals surface area contributed by atoms with Gasteiger partial charge >= 0.3 is 6.18 Å². The zero-order valence-corrected chi connectivity index (χ0v) is 16.2. The molecule has 0 saturated carbocycles. The summed E-state index contributed by atoms with van der Waals surface area (Å²) >= 11 is 0. The minimum atomic E-state index is -4.41. The van der Waals surface area contributed by atoms with E-state index >= 15 is 0 Å². The number of rotatable bonds is 9. The van der Waals surface area contributed by atoms with Gasteiger partial charge in [-0.1, -0.05) is 37.8 Å². The van der Waals surface area contributed by atoms with Crippen molar-refractivity contribution in [2.45, 2.75) is 52.3 Å². The second kappa shape index (κ2) is 10.2. The molecule has 2 aromatic carbocycles. The Morgan fingerprint density at radius 1 is 1.04 bits per heavy atom. The number of benzene rings is 2. The van der Waals surface area contributed by atoms with Crippen molar-refractivity contribution in [2.75, 3.05) is 6.61 Å². The van der Waals surface area contributed by atoms with Crippen LogP contribution in [0.1, 0.15) is 59.7 Å². The van der Waals surface area contributed by atoms with E-state index in [1.165, 1.54) is 12.8 Å². The molecule has 2 rings (SSSR count). The molecule has 3 nitrogen and oxygen atoms in total. The van der Waals surface area contributed by atoms with Crippen LogP contribution in [-0.4, -0.2) is 12.5 Å². The number of nitrogens with one attached hydrogen (secondary N) is 1. The fourth-order valence-corrected chi connectivity index (χ4v) is 2.83. The highest BCUT2D eigenvalue weighted by molar-refractivity contribution is 5.94. The molecule has 0 heterocycles. The normalized spacial score (nSPS) is 11.3. The summed E-state index contributed by atoms with van der Waals surface area (Å²) in [4.78, 5) is 12.3. The van der Waals surface area contributed by atoms with E-state index in [0.29, 0.717) is 29.0 Å². The molecule has 0 atom stereocenters. The van der Waals surface area contributed by atoms with Crippen LogP contribution < -0.4 is 10.1 Å². The number of carbonyl (C=O) groups is 1. The lowest BCUT2D eigenvalue weighted by Gasteiger charge is -2.12. The number of unbranched alkanes of at least 4 members (excludes halogenated alkanes) is 3. The first kappa shape index (κ1) is 21.8. The molecule has 1 amide bonds. The van der Waals surface area contributed by atoms with E-state index in [4.69, 9.17) is 4.74 Å². The quantitative estimate of drug-likeness (QED) is 0.539. The molecule has 0 fully saturated rings. The third-order valence-electron chi connectivity index (χ3n) is 4.30. The van der Waals surface area contributed by atoms with Gasteiger partial charge in [0.05, 0.1) is 12.2 Å². The van der Waals surface area contributed by atoms with Crippen molar-refractivity contribution in [1.82, 2.24) is 5.32 Å². The molecular weight excluding hydrogens is 367 g/mol. The van der Waals surface area contributed by atoms with Gasteiger partial charge in [0.2, 0.25) is 0 Å². The van der Waals surface area contributed by atoms with Gasteiger partial charge in [-0.3, -0.25) is 4.79 Å². The lowest BCUT2D eigenvalue weighted by Crippen LogP contribution is -2.23. The van der Waals surface area contributed by atoms with Gasteiger partial charge in [-0.25, -0.2) is 0 Å². The summed E-state index contributed by atoms with van der Waals surface area (Å²) < 4.78 is 44.3. The highest BCUT2D eigenvalue weighted by Crippen LogP contribution is 2.30. The van der Waals surface area contributed by atoms with Crippen LogP contribution in [0, 0.1) is 6.92 Å². The SMILES string of the molecule is CCCCCCOc1ccc(C(=O)NCc2cc(C)cc(C(F)(F)F)c2)cc1. The molecule has 0 aliphatic heterocycles. The van der Waals surface area contributed by atoms with E-state index in [2.05, 4.69) is 12.2 Å². The van der Waals surface area contributed by atoms with Gasteiger partial charge in [0.1, 0.15) is 5.75 Å². The Labute approximate surface area is 163 Å². The first-order chi connectivity index (χ1) is 13.3. The van der Waals surface area contributed by atoms with Crippen molar-refractivity contribution in [2.24, 2.45) is 0 Å².